The number of ether oxygens (including phenoxy) is 2. The zero-order chi connectivity index (χ0) is 6.91. The average molecular weight is 151 g/mol. The van der Waals surface area contributed by atoms with Gasteiger partial charge in [0, 0.05) is 0 Å². The fraction of sp³-hybridized carbons (Fsp3) is 0.333. The summed E-state index contributed by atoms with van der Waals surface area (Å²) < 4.78 is 38.4. The lowest BCUT2D eigenvalue weighted by atomic mass is 11.1. The second-order valence-electron chi connectivity index (χ2n) is 1.33. The van der Waals surface area contributed by atoms with Crippen molar-refractivity contribution in [2.24, 2.45) is 0 Å². The Hall–Kier alpha value is -0.750. The molecule has 1 aliphatic heterocycles. The highest BCUT2D eigenvalue weighted by Gasteiger charge is 2.28. The van der Waals surface area contributed by atoms with Crippen LogP contribution in [0.25, 0.3) is 0 Å². The lowest BCUT2D eigenvalue weighted by molar-refractivity contribution is 0.0368. The molecule has 5 nitrogen and oxygen atoms in total. The molecule has 6 heteroatoms. The molecule has 0 bridgehead atoms. The topological polar surface area (TPSA) is 72.5 Å². The molecule has 0 N–H and O–H groups in total. The monoisotopic (exact) mass is 151 g/mol. The quantitative estimate of drug-likeness (QED) is 0.508. The third-order valence-electron chi connectivity index (χ3n) is 0.671. The zero-order valence-electron chi connectivity index (χ0n) is 4.18. The molecule has 51 valence electrons. The van der Waals surface area contributed by atoms with Crippen LogP contribution in [0.4, 0.5) is 0 Å². The van der Waals surface area contributed by atoms with Crippen LogP contribution in [-0.4, -0.2) is 14.0 Å². The van der Waals surface area contributed by atoms with Crippen LogP contribution in [0.5, 0.6) is 0 Å². The summed E-state index contributed by atoms with van der Waals surface area (Å²) in [5, 5.41) is 0. The van der Waals surface area contributed by atoms with Gasteiger partial charge in [0.2, 0.25) is 0 Å². The van der Waals surface area contributed by atoms with Crippen LogP contribution in [-0.2, 0) is 24.1 Å². The van der Waals surface area contributed by atoms with Gasteiger partial charge in [0.25, 0.3) is 0 Å². The molecule has 1 aliphatic rings. The van der Waals surface area contributed by atoms with Crippen LogP contribution in [0.1, 0.15) is 0 Å². The second-order valence-corrected chi connectivity index (χ2v) is 2.70. The predicted octanol–water partition coefficient (Wildman–Crippen LogP) is -0.452. The van der Waals surface area contributed by atoms with Crippen LogP contribution < -0.4 is 0 Å². The number of rotatable bonds is 1. The lowest BCUT2D eigenvalue weighted by Gasteiger charge is -2.02. The van der Waals surface area contributed by atoms with Gasteiger partial charge in [-0.2, -0.15) is 8.42 Å². The molecule has 0 saturated heterocycles. The Labute approximate surface area is 51.6 Å². The van der Waals surface area contributed by atoms with Gasteiger partial charge in [-0.05, 0) is 0 Å². The van der Waals surface area contributed by atoms with Gasteiger partial charge in [-0.1, -0.05) is 4.55 Å². The SMILES string of the molecule is [O]S(=O)(=O)C1OC=CO1. The Kier molecular flexibility index (Phi) is 1.34. The van der Waals surface area contributed by atoms with E-state index in [1.165, 1.54) is 0 Å². The van der Waals surface area contributed by atoms with Gasteiger partial charge in [0.1, 0.15) is 12.5 Å². The first-order valence-electron chi connectivity index (χ1n) is 2.01. The fourth-order valence-electron chi connectivity index (χ4n) is 0.361. The van der Waals surface area contributed by atoms with E-state index in [0.717, 1.165) is 12.5 Å². The molecule has 0 saturated carbocycles. The van der Waals surface area contributed by atoms with Gasteiger partial charge in [0.15, 0.2) is 0 Å². The highest BCUT2D eigenvalue weighted by Crippen LogP contribution is 2.10. The summed E-state index contributed by atoms with van der Waals surface area (Å²) in [6, 6.07) is 0. The summed E-state index contributed by atoms with van der Waals surface area (Å²) in [6.45, 7) is 0. The summed E-state index contributed by atoms with van der Waals surface area (Å²) in [5.41, 5.74) is -1.68. The zero-order valence-corrected chi connectivity index (χ0v) is 5.00. The molecule has 0 aliphatic carbocycles. The van der Waals surface area contributed by atoms with E-state index in [0.29, 0.717) is 0 Å². The molecule has 0 amide bonds. The third-order valence-corrected chi connectivity index (χ3v) is 1.36. The molecule has 0 unspecified atom stereocenters. The van der Waals surface area contributed by atoms with E-state index < -0.39 is 15.7 Å². The van der Waals surface area contributed by atoms with E-state index in [2.05, 4.69) is 9.47 Å². The van der Waals surface area contributed by atoms with Crippen LogP contribution >= 0.6 is 0 Å². The molecule has 1 rings (SSSR count). The minimum absolute atomic E-state index is 1.00. The Balaban J connectivity index is 2.68. The van der Waals surface area contributed by atoms with Crippen molar-refractivity contribution >= 4 is 10.1 Å². The molecular weight excluding hydrogens is 148 g/mol. The van der Waals surface area contributed by atoms with E-state index in [4.69, 9.17) is 0 Å². The predicted molar refractivity (Wildman–Crippen MR) is 24.7 cm³/mol. The Morgan fingerprint density at radius 2 is 1.67 bits per heavy atom. The molecule has 1 heterocycles. The summed E-state index contributed by atoms with van der Waals surface area (Å²) in [6.07, 6.45) is 2.00. The standard InChI is InChI=1S/C3H3O5S/c4-9(5,6)3-7-1-2-8-3/h1-3H. The Bertz CT molecular complexity index is 206. The van der Waals surface area contributed by atoms with Crippen LogP contribution in [0.3, 0.4) is 0 Å². The molecule has 0 aromatic rings. The lowest BCUT2D eigenvalue weighted by Crippen LogP contribution is -2.18. The fourth-order valence-corrected chi connectivity index (χ4v) is 0.761. The van der Waals surface area contributed by atoms with Crippen molar-refractivity contribution in [1.82, 2.24) is 0 Å². The van der Waals surface area contributed by atoms with Gasteiger partial charge < -0.3 is 9.47 Å². The first kappa shape index (κ1) is 6.37. The molecule has 1 radical (unpaired) electrons. The van der Waals surface area contributed by atoms with E-state index in [-0.39, 0.29) is 0 Å². The maximum atomic E-state index is 9.99. The Morgan fingerprint density at radius 1 is 1.22 bits per heavy atom. The molecule has 0 atom stereocenters. The summed E-state index contributed by atoms with van der Waals surface area (Å²) >= 11 is 0. The molecule has 9 heavy (non-hydrogen) atoms. The molecular formula is C3H3O5S. The second kappa shape index (κ2) is 1.89. The van der Waals surface area contributed by atoms with Crippen LogP contribution in [0, 0.1) is 0 Å². The van der Waals surface area contributed by atoms with Crippen molar-refractivity contribution in [2.45, 2.75) is 5.62 Å². The highest BCUT2D eigenvalue weighted by molar-refractivity contribution is 7.85. The summed E-state index contributed by atoms with van der Waals surface area (Å²) in [5.74, 6) is 0. The van der Waals surface area contributed by atoms with Crippen molar-refractivity contribution in [3.05, 3.63) is 12.5 Å². The summed E-state index contributed by atoms with van der Waals surface area (Å²) in [4.78, 5) is 0. The van der Waals surface area contributed by atoms with Gasteiger partial charge >= 0.3 is 15.7 Å². The Morgan fingerprint density at radius 3 is 1.89 bits per heavy atom. The van der Waals surface area contributed by atoms with Crippen molar-refractivity contribution in [3.63, 3.8) is 0 Å². The van der Waals surface area contributed by atoms with Gasteiger partial charge in [0.05, 0.1) is 0 Å². The molecule has 0 aromatic carbocycles. The first-order valence-corrected chi connectivity index (χ1v) is 3.48. The maximum Gasteiger partial charge on any atom is 0.373 e. The van der Waals surface area contributed by atoms with Crippen LogP contribution in [0.2, 0.25) is 0 Å². The number of hydrogen-bond donors (Lipinski definition) is 0. The van der Waals surface area contributed by atoms with Crippen LogP contribution in [0.15, 0.2) is 12.5 Å². The average Bonchev–Trinajstić information content (AvgIpc) is 2.08. The smallest absolute Gasteiger partial charge is 0.373 e. The molecule has 0 fully saturated rings. The van der Waals surface area contributed by atoms with Crippen molar-refractivity contribution in [2.75, 3.05) is 0 Å². The molecule has 0 aromatic heterocycles. The minimum atomic E-state index is -4.46. The molecule has 0 spiro atoms. The van der Waals surface area contributed by atoms with Crippen molar-refractivity contribution in [3.8, 4) is 0 Å². The minimum Gasteiger partial charge on any atom is -0.445 e. The normalized spacial score (nSPS) is 19.2. The van der Waals surface area contributed by atoms with Crippen molar-refractivity contribution in [1.29, 1.82) is 0 Å². The maximum absolute atomic E-state index is 9.99. The number of hydrogen-bond acceptors (Lipinski definition) is 4. The van der Waals surface area contributed by atoms with Gasteiger partial charge in [-0.3, -0.25) is 0 Å². The van der Waals surface area contributed by atoms with E-state index in [1.54, 1.807) is 0 Å². The van der Waals surface area contributed by atoms with E-state index in [1.807, 2.05) is 0 Å². The van der Waals surface area contributed by atoms with Gasteiger partial charge in [-0.15, -0.1) is 0 Å². The third kappa shape index (κ3) is 1.33. The van der Waals surface area contributed by atoms with E-state index >= 15 is 0 Å². The first-order chi connectivity index (χ1) is 4.11. The largest absolute Gasteiger partial charge is 0.445 e. The van der Waals surface area contributed by atoms with E-state index in [9.17, 15) is 13.0 Å². The highest BCUT2D eigenvalue weighted by atomic mass is 32.2. The van der Waals surface area contributed by atoms with Crippen molar-refractivity contribution < 1.29 is 22.4 Å². The summed E-state index contributed by atoms with van der Waals surface area (Å²) in [7, 11) is -4.46. The van der Waals surface area contributed by atoms with Gasteiger partial charge in [-0.25, -0.2) is 0 Å².